The Morgan fingerprint density at radius 3 is 3.00 bits per heavy atom. The van der Waals surface area contributed by atoms with Crippen LogP contribution in [0, 0.1) is 6.92 Å². The third-order valence-electron chi connectivity index (χ3n) is 1.68. The summed E-state index contributed by atoms with van der Waals surface area (Å²) in [5, 5.41) is 1.07. The summed E-state index contributed by atoms with van der Waals surface area (Å²) in [6.07, 6.45) is 1.84. The first-order chi connectivity index (χ1) is 5.75. The van der Waals surface area contributed by atoms with Gasteiger partial charge in [0.2, 0.25) is 0 Å². The molecule has 0 atom stereocenters. The number of hydrogen-bond donors (Lipinski definition) is 0. The second-order valence-corrected chi connectivity index (χ2v) is 3.46. The quantitative estimate of drug-likeness (QED) is 0.641. The molecule has 0 aliphatic carbocycles. The van der Waals surface area contributed by atoms with Gasteiger partial charge in [-0.25, -0.2) is 4.98 Å². The van der Waals surface area contributed by atoms with Gasteiger partial charge in [-0.3, -0.25) is 4.98 Å². The number of nitrogens with zero attached hydrogens (tertiary/aromatic N) is 2. The van der Waals surface area contributed by atoms with E-state index in [1.54, 1.807) is 0 Å². The molecule has 0 amide bonds. The molecule has 0 fully saturated rings. The molecule has 12 heavy (non-hydrogen) atoms. The molecule has 0 spiro atoms. The summed E-state index contributed by atoms with van der Waals surface area (Å²) in [6, 6.07) is 5.89. The predicted octanol–water partition coefficient (Wildman–Crippen LogP) is 2.70. The van der Waals surface area contributed by atoms with Crippen LogP contribution in [0.25, 0.3) is 10.9 Å². The van der Waals surface area contributed by atoms with Crippen LogP contribution < -0.4 is 0 Å². The zero-order valence-corrected chi connectivity index (χ0v) is 8.17. The second kappa shape index (κ2) is 2.83. The van der Waals surface area contributed by atoms with Gasteiger partial charge < -0.3 is 0 Å². The molecule has 0 bridgehead atoms. The summed E-state index contributed by atoms with van der Waals surface area (Å²) in [6.45, 7) is 1.96. The lowest BCUT2D eigenvalue weighted by Crippen LogP contribution is -1.84. The van der Waals surface area contributed by atoms with E-state index < -0.39 is 0 Å². The van der Waals surface area contributed by atoms with Crippen molar-refractivity contribution in [2.24, 2.45) is 0 Å². The van der Waals surface area contributed by atoms with Crippen molar-refractivity contribution >= 4 is 26.8 Å². The highest BCUT2D eigenvalue weighted by atomic mass is 79.9. The Labute approximate surface area is 78.8 Å². The highest BCUT2D eigenvalue weighted by Gasteiger charge is 1.95. The van der Waals surface area contributed by atoms with Gasteiger partial charge in [-0.2, -0.15) is 0 Å². The molecule has 2 rings (SSSR count). The first-order valence-electron chi connectivity index (χ1n) is 3.64. The van der Waals surface area contributed by atoms with Crippen molar-refractivity contribution in [1.29, 1.82) is 0 Å². The van der Waals surface area contributed by atoms with Gasteiger partial charge in [0.15, 0.2) is 0 Å². The molecular formula is C9H7BrN2. The lowest BCUT2D eigenvalue weighted by atomic mass is 10.2. The van der Waals surface area contributed by atoms with Crippen molar-refractivity contribution in [1.82, 2.24) is 9.97 Å². The molecule has 0 radical (unpaired) electrons. The molecule has 2 nitrogen and oxygen atoms in total. The molecular weight excluding hydrogens is 216 g/mol. The van der Waals surface area contributed by atoms with E-state index in [-0.39, 0.29) is 0 Å². The van der Waals surface area contributed by atoms with Crippen molar-refractivity contribution in [2.45, 2.75) is 6.92 Å². The predicted molar refractivity (Wildman–Crippen MR) is 52.0 cm³/mol. The van der Waals surface area contributed by atoms with Gasteiger partial charge in [0.25, 0.3) is 0 Å². The zero-order chi connectivity index (χ0) is 8.55. The lowest BCUT2D eigenvalue weighted by Gasteiger charge is -1.97. The van der Waals surface area contributed by atoms with Crippen molar-refractivity contribution in [3.63, 3.8) is 0 Å². The first-order valence-corrected chi connectivity index (χ1v) is 4.44. The van der Waals surface area contributed by atoms with Crippen LogP contribution >= 0.6 is 15.9 Å². The van der Waals surface area contributed by atoms with Crippen LogP contribution in [0.4, 0.5) is 0 Å². The minimum Gasteiger partial charge on any atom is -0.261 e. The Hall–Kier alpha value is -0.960. The number of fused-ring (bicyclic) bond motifs is 1. The molecule has 0 saturated heterocycles. The first kappa shape index (κ1) is 7.68. The summed E-state index contributed by atoms with van der Waals surface area (Å²) in [4.78, 5) is 8.49. The summed E-state index contributed by atoms with van der Waals surface area (Å²) in [7, 11) is 0. The van der Waals surface area contributed by atoms with E-state index in [4.69, 9.17) is 0 Å². The van der Waals surface area contributed by atoms with Gasteiger partial charge in [-0.1, -0.05) is 0 Å². The minimum atomic E-state index is 0.862. The smallest absolute Gasteiger partial charge is 0.106 e. The Kier molecular flexibility index (Phi) is 1.81. The molecule has 0 N–H and O–H groups in total. The van der Waals surface area contributed by atoms with Gasteiger partial charge in [-0.15, -0.1) is 0 Å². The van der Waals surface area contributed by atoms with E-state index in [1.165, 1.54) is 0 Å². The minimum absolute atomic E-state index is 0.862. The molecule has 0 aliphatic heterocycles. The normalized spacial score (nSPS) is 10.5. The molecule has 2 aromatic rings. The van der Waals surface area contributed by atoms with Crippen LogP contribution in [0.1, 0.15) is 5.69 Å². The van der Waals surface area contributed by atoms with E-state index in [9.17, 15) is 0 Å². The highest BCUT2D eigenvalue weighted by molar-refractivity contribution is 9.10. The molecule has 60 valence electrons. The average Bonchev–Trinajstić information content (AvgIpc) is 2.03. The molecule has 2 aromatic heterocycles. The van der Waals surface area contributed by atoms with Crippen LogP contribution in [0.5, 0.6) is 0 Å². The SMILES string of the molecule is Cc1cc2nc(Br)ccc2cn1. The van der Waals surface area contributed by atoms with E-state index in [2.05, 4.69) is 25.9 Å². The third-order valence-corrected chi connectivity index (χ3v) is 2.12. The van der Waals surface area contributed by atoms with E-state index in [1.807, 2.05) is 31.3 Å². The van der Waals surface area contributed by atoms with E-state index >= 15 is 0 Å². The second-order valence-electron chi connectivity index (χ2n) is 2.65. The molecule has 0 aromatic carbocycles. The molecule has 3 heteroatoms. The van der Waals surface area contributed by atoms with Crippen molar-refractivity contribution < 1.29 is 0 Å². The topological polar surface area (TPSA) is 25.8 Å². The maximum atomic E-state index is 4.31. The summed E-state index contributed by atoms with van der Waals surface area (Å²) < 4.78 is 0.862. The van der Waals surface area contributed by atoms with Crippen LogP contribution in [0.15, 0.2) is 29.0 Å². The lowest BCUT2D eigenvalue weighted by molar-refractivity contribution is 1.21. The number of pyridine rings is 2. The fraction of sp³-hybridized carbons (Fsp3) is 0.111. The number of hydrogen-bond acceptors (Lipinski definition) is 2. The molecule has 0 saturated carbocycles. The van der Waals surface area contributed by atoms with Gasteiger partial charge in [0.1, 0.15) is 4.60 Å². The van der Waals surface area contributed by atoms with Gasteiger partial charge in [0, 0.05) is 17.3 Å². The summed E-state index contributed by atoms with van der Waals surface area (Å²) >= 11 is 3.33. The number of halogens is 1. The Morgan fingerprint density at radius 1 is 1.33 bits per heavy atom. The monoisotopic (exact) mass is 222 g/mol. The zero-order valence-electron chi connectivity index (χ0n) is 6.58. The summed E-state index contributed by atoms with van der Waals surface area (Å²) in [5.74, 6) is 0. The largest absolute Gasteiger partial charge is 0.261 e. The molecule has 0 aliphatic rings. The Balaban J connectivity index is 2.80. The van der Waals surface area contributed by atoms with Gasteiger partial charge in [0.05, 0.1) is 5.52 Å². The maximum absolute atomic E-state index is 4.31. The van der Waals surface area contributed by atoms with Gasteiger partial charge >= 0.3 is 0 Å². The van der Waals surface area contributed by atoms with Gasteiger partial charge in [-0.05, 0) is 41.1 Å². The summed E-state index contributed by atoms with van der Waals surface area (Å²) in [5.41, 5.74) is 1.98. The maximum Gasteiger partial charge on any atom is 0.106 e. The fourth-order valence-corrected chi connectivity index (χ4v) is 1.42. The van der Waals surface area contributed by atoms with Crippen molar-refractivity contribution in [2.75, 3.05) is 0 Å². The van der Waals surface area contributed by atoms with Crippen molar-refractivity contribution in [3.05, 3.63) is 34.7 Å². The standard InChI is InChI=1S/C9H7BrN2/c1-6-4-8-7(5-11-6)2-3-9(10)12-8/h2-5H,1H3. The molecule has 0 unspecified atom stereocenters. The van der Waals surface area contributed by atoms with Crippen LogP contribution in [-0.4, -0.2) is 9.97 Å². The van der Waals surface area contributed by atoms with E-state index in [0.717, 1.165) is 21.2 Å². The van der Waals surface area contributed by atoms with E-state index in [0.29, 0.717) is 0 Å². The average molecular weight is 223 g/mol. The number of aromatic nitrogens is 2. The fourth-order valence-electron chi connectivity index (χ4n) is 1.09. The van der Waals surface area contributed by atoms with Crippen LogP contribution in [-0.2, 0) is 0 Å². The number of aryl methyl sites for hydroxylation is 1. The highest BCUT2D eigenvalue weighted by Crippen LogP contribution is 2.14. The third kappa shape index (κ3) is 1.32. The Bertz CT molecular complexity index is 389. The Morgan fingerprint density at radius 2 is 2.17 bits per heavy atom. The van der Waals surface area contributed by atoms with Crippen molar-refractivity contribution in [3.8, 4) is 0 Å². The number of rotatable bonds is 0. The van der Waals surface area contributed by atoms with Crippen LogP contribution in [0.3, 0.4) is 0 Å². The molecule has 2 heterocycles. The van der Waals surface area contributed by atoms with Crippen LogP contribution in [0.2, 0.25) is 0 Å².